The Hall–Kier alpha value is -2.86. The lowest BCUT2D eigenvalue weighted by molar-refractivity contribution is -0.765. The highest BCUT2D eigenvalue weighted by molar-refractivity contribution is 7.61. The fourth-order valence-electron chi connectivity index (χ4n) is 4.83. The van der Waals surface area contributed by atoms with Gasteiger partial charge in [0.25, 0.3) is 12.1 Å². The Balaban J connectivity index is 1.21. The first kappa shape index (κ1) is 36.4. The van der Waals surface area contributed by atoms with Crippen molar-refractivity contribution in [1.82, 2.24) is 19.5 Å². The smallest absolute Gasteiger partial charge is 0.387 e. The first-order chi connectivity index (χ1) is 22.4. The number of carbonyl (C=O) groups excluding carboxylic acids is 1. The van der Waals surface area contributed by atoms with E-state index in [2.05, 4.69) is 23.8 Å². The van der Waals surface area contributed by atoms with Gasteiger partial charge in [0.2, 0.25) is 0 Å². The van der Waals surface area contributed by atoms with Crippen molar-refractivity contribution in [1.29, 1.82) is 0 Å². The predicted octanol–water partition coefficient (Wildman–Crippen LogP) is -2.90. The first-order valence-electron chi connectivity index (χ1n) is 13.3. The molecule has 2 saturated heterocycles. The molecule has 0 radical (unpaired) electrons. The topological polar surface area (TPSA) is 365 Å². The van der Waals surface area contributed by atoms with Crippen LogP contribution in [0.3, 0.4) is 0 Å². The van der Waals surface area contributed by atoms with Crippen LogP contribution in [-0.4, -0.2) is 110 Å². The number of nitrogen functional groups attached to an aromatic ring is 1. The van der Waals surface area contributed by atoms with Crippen molar-refractivity contribution < 1.29 is 85.3 Å². The van der Waals surface area contributed by atoms with E-state index < -0.39 is 91.7 Å². The van der Waals surface area contributed by atoms with E-state index in [1.165, 1.54) is 29.1 Å². The molecule has 0 aromatic carbocycles. The fraction of sp³-hybridized carbons (Fsp3) is 0.476. The highest BCUT2D eigenvalue weighted by atomic mass is 31.3. The lowest BCUT2D eigenvalue weighted by Gasteiger charge is -2.22. The minimum atomic E-state index is -5.52. The molecule has 3 aromatic rings. The standard InChI is InChI=1S/C21H28N7O17P3/c22-17-12-19(25-7-24-17)28(8-26-12)21-16(44-46(33,34)35)14(30)11(43-21)6-41-48(38,39)45-47(36,37)40-5-10-13(29)15(31)20(42-10)27-3-1-2-9(4-27)18(23)32/h1-4,7-8,10-11,13-16,20-21,29-31H,5-6H2,(H7-,22,23,24,25,32,33,34,35,36,37,38,39)/p+1/t10-,11-,13+,14?,15?,16+,20-,21-/m1/s1. The van der Waals surface area contributed by atoms with Crippen LogP contribution in [0.1, 0.15) is 22.8 Å². The number of nitrogens with zero attached hydrogens (tertiary/aromatic N) is 5. The molecule has 5 rings (SSSR count). The first-order valence-corrected chi connectivity index (χ1v) is 17.9. The number of hydrogen-bond acceptors (Lipinski definition) is 17. The molecule has 0 bridgehead atoms. The van der Waals surface area contributed by atoms with Gasteiger partial charge in [0.05, 0.1) is 19.5 Å². The molecule has 0 spiro atoms. The van der Waals surface area contributed by atoms with E-state index in [1.807, 2.05) is 0 Å². The zero-order valence-corrected chi connectivity index (χ0v) is 26.6. The number of primary amides is 1. The molecule has 0 aliphatic carbocycles. The Kier molecular flexibility index (Phi) is 10.5. The number of carbonyl (C=O) groups is 1. The second-order valence-corrected chi connectivity index (χ2v) is 14.5. The minimum absolute atomic E-state index is 0.00286. The van der Waals surface area contributed by atoms with Crippen LogP contribution in [-0.2, 0) is 41.1 Å². The van der Waals surface area contributed by atoms with Gasteiger partial charge in [-0.25, -0.2) is 28.6 Å². The SMILES string of the molecule is NC(=O)c1ccc[n+]([C@@H]2O[C@H](COP(=O)(O)OP(=O)(O)OC[C@H]3O[C@@H](n4cnc5c(N)ncnc54)[C@@H](OP(=O)(O)O)C3O)[C@H](O)C2O)c1. The number of phosphoric ester groups is 3. The van der Waals surface area contributed by atoms with Crippen LogP contribution in [0.25, 0.3) is 11.2 Å². The number of pyridine rings is 1. The quantitative estimate of drug-likeness (QED) is 0.0626. The molecule has 2 aliphatic heterocycles. The molecule has 5 heterocycles. The summed E-state index contributed by atoms with van der Waals surface area (Å²) in [6, 6.07) is 2.79. The number of hydrogen-bond donors (Lipinski definition) is 9. The zero-order valence-electron chi connectivity index (χ0n) is 23.9. The zero-order chi connectivity index (χ0) is 35.2. The van der Waals surface area contributed by atoms with Crippen LogP contribution >= 0.6 is 23.5 Å². The molecule has 48 heavy (non-hydrogen) atoms. The number of phosphoric acid groups is 3. The van der Waals surface area contributed by atoms with Crippen LogP contribution in [0.4, 0.5) is 5.82 Å². The summed E-state index contributed by atoms with van der Waals surface area (Å²) in [4.78, 5) is 62.2. The predicted molar refractivity (Wildman–Crippen MR) is 150 cm³/mol. The summed E-state index contributed by atoms with van der Waals surface area (Å²) in [6.45, 7) is -2.03. The molecular formula is C21H29N7O17P3+. The molecule has 11 N–H and O–H groups in total. The summed E-state index contributed by atoms with van der Waals surface area (Å²) in [7, 11) is -16.3. The van der Waals surface area contributed by atoms with E-state index in [4.69, 9.17) is 30.0 Å². The van der Waals surface area contributed by atoms with Gasteiger partial charge < -0.3 is 55.8 Å². The van der Waals surface area contributed by atoms with E-state index in [0.29, 0.717) is 0 Å². The Labute approximate surface area is 267 Å². The lowest BCUT2D eigenvalue weighted by Crippen LogP contribution is -2.46. The number of aliphatic hydroxyl groups is 3. The van der Waals surface area contributed by atoms with Crippen molar-refractivity contribution >= 4 is 46.4 Å². The average Bonchev–Trinajstić information content (AvgIpc) is 3.64. The number of imidazole rings is 1. The summed E-state index contributed by atoms with van der Waals surface area (Å²) < 4.78 is 68.4. The van der Waals surface area contributed by atoms with Gasteiger partial charge in [-0.3, -0.25) is 22.9 Å². The highest BCUT2D eigenvalue weighted by Gasteiger charge is 2.51. The van der Waals surface area contributed by atoms with Crippen molar-refractivity contribution in [3.63, 3.8) is 0 Å². The van der Waals surface area contributed by atoms with E-state index in [-0.39, 0.29) is 22.5 Å². The maximum absolute atomic E-state index is 12.6. The molecule has 27 heteroatoms. The summed E-state index contributed by atoms with van der Waals surface area (Å²) in [6.07, 6.45) is -8.39. The van der Waals surface area contributed by atoms with Crippen LogP contribution in [0.5, 0.6) is 0 Å². The van der Waals surface area contributed by atoms with Crippen LogP contribution in [0.15, 0.2) is 37.2 Å². The van der Waals surface area contributed by atoms with Gasteiger partial charge in [0, 0.05) is 6.07 Å². The lowest BCUT2D eigenvalue weighted by atomic mass is 10.1. The van der Waals surface area contributed by atoms with Crippen LogP contribution in [0, 0.1) is 0 Å². The number of fused-ring (bicyclic) bond motifs is 1. The van der Waals surface area contributed by atoms with Crippen LogP contribution in [0.2, 0.25) is 0 Å². The number of amides is 1. The number of aliphatic hydroxyl groups excluding tert-OH is 3. The highest BCUT2D eigenvalue weighted by Crippen LogP contribution is 2.61. The third-order valence-electron chi connectivity index (χ3n) is 6.98. The molecule has 2 fully saturated rings. The molecule has 264 valence electrons. The van der Waals surface area contributed by atoms with E-state index in [1.54, 1.807) is 0 Å². The van der Waals surface area contributed by atoms with E-state index in [0.717, 1.165) is 17.2 Å². The summed E-state index contributed by atoms with van der Waals surface area (Å²) in [5.41, 5.74) is 11.1. The van der Waals surface area contributed by atoms with Crippen molar-refractivity contribution in [2.75, 3.05) is 18.9 Å². The summed E-state index contributed by atoms with van der Waals surface area (Å²) in [5, 5.41) is 31.5. The minimum Gasteiger partial charge on any atom is -0.387 e. The van der Waals surface area contributed by atoms with Gasteiger partial charge in [-0.15, -0.1) is 0 Å². The van der Waals surface area contributed by atoms with Gasteiger partial charge in [-0.1, -0.05) is 0 Å². The van der Waals surface area contributed by atoms with Crippen molar-refractivity contribution in [2.45, 2.75) is 49.1 Å². The Morgan fingerprint density at radius 2 is 1.60 bits per heavy atom. The fourth-order valence-corrected chi connectivity index (χ4v) is 7.47. The third-order valence-corrected chi connectivity index (χ3v) is 10.1. The number of aromatic nitrogens is 5. The normalized spacial score (nSPS) is 30.3. The van der Waals surface area contributed by atoms with Gasteiger partial charge in [-0.2, -0.15) is 8.88 Å². The molecule has 10 atom stereocenters. The Morgan fingerprint density at radius 1 is 0.958 bits per heavy atom. The van der Waals surface area contributed by atoms with Crippen molar-refractivity contribution in [2.24, 2.45) is 5.73 Å². The number of rotatable bonds is 13. The summed E-state index contributed by atoms with van der Waals surface area (Å²) in [5.74, 6) is -0.848. The van der Waals surface area contributed by atoms with Crippen molar-refractivity contribution in [3.05, 3.63) is 42.7 Å². The van der Waals surface area contributed by atoms with E-state index >= 15 is 0 Å². The average molecular weight is 744 g/mol. The molecular weight excluding hydrogens is 715 g/mol. The molecule has 2 aliphatic rings. The molecule has 3 aromatic heterocycles. The molecule has 24 nitrogen and oxygen atoms in total. The molecule has 4 unspecified atom stereocenters. The maximum atomic E-state index is 12.6. The maximum Gasteiger partial charge on any atom is 0.481 e. The Bertz CT molecular complexity index is 1810. The van der Waals surface area contributed by atoms with Crippen LogP contribution < -0.4 is 16.0 Å². The van der Waals surface area contributed by atoms with Crippen molar-refractivity contribution in [3.8, 4) is 0 Å². The van der Waals surface area contributed by atoms with Gasteiger partial charge in [0.1, 0.15) is 47.9 Å². The monoisotopic (exact) mass is 744 g/mol. The van der Waals surface area contributed by atoms with Gasteiger partial charge in [0.15, 0.2) is 36.2 Å². The molecule has 1 amide bonds. The number of ether oxygens (including phenoxy) is 2. The third kappa shape index (κ3) is 8.12. The number of anilines is 1. The summed E-state index contributed by atoms with van der Waals surface area (Å²) >= 11 is 0. The van der Waals surface area contributed by atoms with E-state index in [9.17, 15) is 53.4 Å². The number of nitrogens with two attached hydrogens (primary N) is 2. The second kappa shape index (κ2) is 13.8. The Morgan fingerprint density at radius 3 is 2.23 bits per heavy atom. The second-order valence-electron chi connectivity index (χ2n) is 10.3. The van der Waals surface area contributed by atoms with Gasteiger partial charge in [-0.05, 0) is 6.07 Å². The largest absolute Gasteiger partial charge is 0.481 e. The molecule has 0 saturated carbocycles. The van der Waals surface area contributed by atoms with Gasteiger partial charge >= 0.3 is 23.5 Å².